The highest BCUT2D eigenvalue weighted by molar-refractivity contribution is 9.11. The molecule has 0 N–H and O–H groups in total. The predicted molar refractivity (Wildman–Crippen MR) is 85.3 cm³/mol. The van der Waals surface area contributed by atoms with Gasteiger partial charge in [0.15, 0.2) is 5.78 Å². The normalized spacial score (nSPS) is 34.6. The number of hydrogen-bond acceptors (Lipinski definition) is 3. The predicted octanol–water partition coefficient (Wildman–Crippen LogP) is 4.92. The maximum atomic E-state index is 12.2. The van der Waals surface area contributed by atoms with Gasteiger partial charge in [0.2, 0.25) is 0 Å². The quantitative estimate of drug-likeness (QED) is 0.715. The van der Waals surface area contributed by atoms with E-state index in [-0.39, 0.29) is 23.9 Å². The Hall–Kier alpha value is -0.190. The number of ether oxygens (including phenoxy) is 1. The third-order valence-electron chi connectivity index (χ3n) is 5.98. The molecule has 2 saturated carbocycles. The van der Waals surface area contributed by atoms with Gasteiger partial charge in [-0.2, -0.15) is 0 Å². The van der Waals surface area contributed by atoms with Gasteiger partial charge >= 0.3 is 0 Å². The van der Waals surface area contributed by atoms with Gasteiger partial charge in [0, 0.05) is 0 Å². The fraction of sp³-hybridized carbons (Fsp3) is 0.688. The molecule has 1 aromatic rings. The second-order valence-corrected chi connectivity index (χ2v) is 9.40. The lowest BCUT2D eigenvalue weighted by molar-refractivity contribution is -0.0389. The summed E-state index contributed by atoms with van der Waals surface area (Å²) in [5.41, 5.74) is 0.570. The van der Waals surface area contributed by atoms with E-state index in [0.717, 1.165) is 21.0 Å². The molecule has 2 aliphatic rings. The second kappa shape index (κ2) is 4.92. The number of thiophene rings is 1. The average molecular weight is 357 g/mol. The summed E-state index contributed by atoms with van der Waals surface area (Å²) in [5, 5.41) is 0. The highest BCUT2D eigenvalue weighted by Gasteiger charge is 2.61. The van der Waals surface area contributed by atoms with Gasteiger partial charge in [-0.1, -0.05) is 20.8 Å². The van der Waals surface area contributed by atoms with Gasteiger partial charge in [0.1, 0.15) is 6.61 Å². The first-order chi connectivity index (χ1) is 9.34. The molecular formula is C16H21BrO2S. The van der Waals surface area contributed by atoms with Crippen LogP contribution in [0, 0.1) is 16.7 Å². The molecule has 0 aromatic carbocycles. The number of fused-ring (bicyclic) bond motifs is 2. The van der Waals surface area contributed by atoms with Crippen molar-refractivity contribution >= 4 is 33.0 Å². The summed E-state index contributed by atoms with van der Waals surface area (Å²) >= 11 is 4.87. The van der Waals surface area contributed by atoms with E-state index in [0.29, 0.717) is 5.41 Å². The smallest absolute Gasteiger partial charge is 0.198 e. The first kappa shape index (κ1) is 14.7. The van der Waals surface area contributed by atoms with Crippen LogP contribution in [0.15, 0.2) is 15.9 Å². The lowest BCUT2D eigenvalue weighted by Crippen LogP contribution is -2.38. The average Bonchev–Trinajstić information content (AvgIpc) is 2.97. The maximum Gasteiger partial charge on any atom is 0.198 e. The van der Waals surface area contributed by atoms with E-state index in [4.69, 9.17) is 4.74 Å². The largest absolute Gasteiger partial charge is 0.369 e. The van der Waals surface area contributed by atoms with Crippen LogP contribution in [0.4, 0.5) is 0 Å². The van der Waals surface area contributed by atoms with E-state index < -0.39 is 0 Å². The zero-order valence-electron chi connectivity index (χ0n) is 12.2. The summed E-state index contributed by atoms with van der Waals surface area (Å²) in [5.74, 6) is 0.855. The third-order valence-corrected chi connectivity index (χ3v) is 7.64. The first-order valence-electron chi connectivity index (χ1n) is 7.25. The highest BCUT2D eigenvalue weighted by Crippen LogP contribution is 2.66. The highest BCUT2D eigenvalue weighted by atomic mass is 79.9. The molecule has 3 rings (SSSR count). The zero-order chi connectivity index (χ0) is 14.5. The number of halogens is 1. The van der Waals surface area contributed by atoms with E-state index in [1.54, 1.807) is 0 Å². The molecule has 20 heavy (non-hydrogen) atoms. The number of hydrogen-bond donors (Lipinski definition) is 0. The van der Waals surface area contributed by atoms with Crippen LogP contribution in [0.3, 0.4) is 0 Å². The summed E-state index contributed by atoms with van der Waals surface area (Å²) in [6, 6.07) is 3.78. The fourth-order valence-corrected chi connectivity index (χ4v) is 5.40. The Morgan fingerprint density at radius 2 is 2.20 bits per heavy atom. The van der Waals surface area contributed by atoms with Gasteiger partial charge in [-0.25, -0.2) is 0 Å². The van der Waals surface area contributed by atoms with Gasteiger partial charge in [-0.15, -0.1) is 11.3 Å². The zero-order valence-corrected chi connectivity index (χ0v) is 14.6. The molecule has 1 aromatic heterocycles. The molecule has 0 spiro atoms. The summed E-state index contributed by atoms with van der Waals surface area (Å²) in [7, 11) is 0. The molecule has 0 aliphatic heterocycles. The van der Waals surface area contributed by atoms with E-state index in [9.17, 15) is 4.79 Å². The Morgan fingerprint density at radius 1 is 1.45 bits per heavy atom. The van der Waals surface area contributed by atoms with Crippen molar-refractivity contribution in [3.63, 3.8) is 0 Å². The minimum absolute atomic E-state index is 0.102. The second-order valence-electron chi connectivity index (χ2n) is 6.94. The van der Waals surface area contributed by atoms with Crippen LogP contribution >= 0.6 is 27.3 Å². The van der Waals surface area contributed by atoms with Crippen LogP contribution < -0.4 is 0 Å². The maximum absolute atomic E-state index is 12.2. The molecule has 2 bridgehead atoms. The molecule has 3 atom stereocenters. The Kier molecular flexibility index (Phi) is 3.63. The molecule has 0 saturated heterocycles. The molecule has 2 aliphatic carbocycles. The van der Waals surface area contributed by atoms with Crippen LogP contribution in [0.2, 0.25) is 0 Å². The Labute approximate surface area is 133 Å². The van der Waals surface area contributed by atoms with Crippen LogP contribution in [-0.2, 0) is 4.74 Å². The summed E-state index contributed by atoms with van der Waals surface area (Å²) < 4.78 is 7.04. The van der Waals surface area contributed by atoms with E-state index in [1.165, 1.54) is 24.2 Å². The minimum Gasteiger partial charge on any atom is -0.369 e. The van der Waals surface area contributed by atoms with Crippen molar-refractivity contribution in [3.05, 3.63) is 20.8 Å². The van der Waals surface area contributed by atoms with E-state index in [2.05, 4.69) is 36.7 Å². The molecule has 2 fully saturated rings. The molecule has 3 unspecified atom stereocenters. The van der Waals surface area contributed by atoms with Crippen LogP contribution in [0.1, 0.15) is 49.7 Å². The monoisotopic (exact) mass is 356 g/mol. The molecular weight excluding hydrogens is 336 g/mol. The number of carbonyl (C=O) groups is 1. The van der Waals surface area contributed by atoms with Gasteiger partial charge in [0.25, 0.3) is 0 Å². The standard InChI is InChI=1S/C16H21BrO2S/c1-15(2)10-6-7-16(15,3)13(8-10)19-9-11(18)12-4-5-14(17)20-12/h4-5,10,13H,6-9H2,1-3H3. The Bertz CT molecular complexity index is 536. The topological polar surface area (TPSA) is 26.3 Å². The SMILES string of the molecule is CC1(C)C2CCC1(C)C(OCC(=O)c1ccc(Br)s1)C2. The Balaban J connectivity index is 1.64. The minimum atomic E-state index is 0.102. The van der Waals surface area contributed by atoms with Crippen molar-refractivity contribution in [2.24, 2.45) is 16.7 Å². The van der Waals surface area contributed by atoms with Crippen LogP contribution in [0.5, 0.6) is 0 Å². The van der Waals surface area contributed by atoms with Crippen LogP contribution in [-0.4, -0.2) is 18.5 Å². The van der Waals surface area contributed by atoms with Crippen molar-refractivity contribution in [2.75, 3.05) is 6.61 Å². The van der Waals surface area contributed by atoms with Gasteiger partial charge < -0.3 is 4.74 Å². The van der Waals surface area contributed by atoms with Gasteiger partial charge in [0.05, 0.1) is 14.8 Å². The lowest BCUT2D eigenvalue weighted by Gasteiger charge is -2.38. The summed E-state index contributed by atoms with van der Waals surface area (Å²) in [4.78, 5) is 12.9. The van der Waals surface area contributed by atoms with Crippen molar-refractivity contribution in [1.82, 2.24) is 0 Å². The molecule has 0 amide bonds. The van der Waals surface area contributed by atoms with Gasteiger partial charge in [-0.05, 0) is 64.1 Å². The third kappa shape index (κ3) is 2.11. The van der Waals surface area contributed by atoms with Crippen molar-refractivity contribution in [2.45, 2.75) is 46.1 Å². The van der Waals surface area contributed by atoms with Crippen LogP contribution in [0.25, 0.3) is 0 Å². The van der Waals surface area contributed by atoms with Crippen molar-refractivity contribution in [3.8, 4) is 0 Å². The van der Waals surface area contributed by atoms with E-state index in [1.807, 2.05) is 12.1 Å². The van der Waals surface area contributed by atoms with E-state index >= 15 is 0 Å². The fourth-order valence-electron chi connectivity index (χ4n) is 4.09. The number of ketones is 1. The van der Waals surface area contributed by atoms with Gasteiger partial charge in [-0.3, -0.25) is 4.79 Å². The number of carbonyl (C=O) groups excluding carboxylic acids is 1. The lowest BCUT2D eigenvalue weighted by atomic mass is 9.70. The Morgan fingerprint density at radius 3 is 2.70 bits per heavy atom. The molecule has 4 heteroatoms. The summed E-state index contributed by atoms with van der Waals surface area (Å²) in [6.07, 6.45) is 3.90. The molecule has 2 nitrogen and oxygen atoms in total. The molecule has 0 radical (unpaired) electrons. The summed E-state index contributed by atoms with van der Waals surface area (Å²) in [6.45, 7) is 7.30. The number of Topliss-reactive ketones (excluding diaryl/α,β-unsaturated/α-hetero) is 1. The van der Waals surface area contributed by atoms with Crippen molar-refractivity contribution < 1.29 is 9.53 Å². The molecule has 110 valence electrons. The molecule has 1 heterocycles. The number of rotatable bonds is 4. The van der Waals surface area contributed by atoms with Crippen molar-refractivity contribution in [1.29, 1.82) is 0 Å². The first-order valence-corrected chi connectivity index (χ1v) is 8.86.